The summed E-state index contributed by atoms with van der Waals surface area (Å²) in [4.78, 5) is 45.4. The highest BCUT2D eigenvalue weighted by atomic mass is 79.9. The first-order valence-electron chi connectivity index (χ1n) is 10.8. The number of allylic oxidation sites excluding steroid dienone is 1. The van der Waals surface area contributed by atoms with E-state index in [1.807, 2.05) is 0 Å². The second kappa shape index (κ2) is 11.5. The van der Waals surface area contributed by atoms with E-state index in [4.69, 9.17) is 13.9 Å². The number of hydrogen-bond donors (Lipinski definition) is 1. The van der Waals surface area contributed by atoms with Gasteiger partial charge in [0.15, 0.2) is 0 Å². The molecular weight excluding hydrogens is 508 g/mol. The van der Waals surface area contributed by atoms with Gasteiger partial charge in [-0.1, -0.05) is 12.2 Å². The second-order valence-corrected chi connectivity index (χ2v) is 10.3. The number of imidazole rings is 1. The molecule has 11 heteroatoms. The van der Waals surface area contributed by atoms with E-state index in [2.05, 4.69) is 31.2 Å². The standard InChI is InChI=1S/C23H31BrN4O6/c1-22(2,3)33-20(30)26-15(10-8-7-9-11-16(29)19-25-12-13-32-19)18-27-17(24)14-28(18)21(31)34-23(4,5)6/h7-8,12-15H,9-11H2,1-6H3,(H,26,30)/b8-7+. The third kappa shape index (κ3) is 9.12. The molecule has 1 atom stereocenters. The van der Waals surface area contributed by atoms with Crippen molar-refractivity contribution in [1.82, 2.24) is 19.9 Å². The predicted octanol–water partition coefficient (Wildman–Crippen LogP) is 5.59. The van der Waals surface area contributed by atoms with Crippen molar-refractivity contribution in [3.63, 3.8) is 0 Å². The normalized spacial score (nSPS) is 13.0. The van der Waals surface area contributed by atoms with Crippen LogP contribution in [-0.4, -0.2) is 43.7 Å². The number of carbonyl (C=O) groups excluding carboxylic acids is 3. The summed E-state index contributed by atoms with van der Waals surface area (Å²) in [6.45, 7) is 10.5. The van der Waals surface area contributed by atoms with E-state index >= 15 is 0 Å². The van der Waals surface area contributed by atoms with E-state index in [0.29, 0.717) is 17.4 Å². The number of hydrogen-bond acceptors (Lipinski definition) is 8. The molecule has 1 unspecified atom stereocenters. The Hall–Kier alpha value is -2.95. The van der Waals surface area contributed by atoms with E-state index < -0.39 is 29.4 Å². The van der Waals surface area contributed by atoms with Crippen LogP contribution in [0, 0.1) is 0 Å². The highest BCUT2D eigenvalue weighted by molar-refractivity contribution is 9.10. The van der Waals surface area contributed by atoms with E-state index in [-0.39, 0.29) is 23.9 Å². The van der Waals surface area contributed by atoms with Crippen LogP contribution < -0.4 is 5.32 Å². The van der Waals surface area contributed by atoms with Crippen molar-refractivity contribution in [2.24, 2.45) is 0 Å². The van der Waals surface area contributed by atoms with Gasteiger partial charge in [-0.3, -0.25) is 4.79 Å². The fourth-order valence-electron chi connectivity index (χ4n) is 2.78. The molecule has 2 rings (SSSR count). The summed E-state index contributed by atoms with van der Waals surface area (Å²) in [5.41, 5.74) is -1.42. The zero-order valence-corrected chi connectivity index (χ0v) is 21.8. The largest absolute Gasteiger partial charge is 0.444 e. The Morgan fingerprint density at radius 3 is 2.41 bits per heavy atom. The van der Waals surface area contributed by atoms with E-state index in [1.54, 1.807) is 53.7 Å². The van der Waals surface area contributed by atoms with Crippen LogP contribution in [0.2, 0.25) is 0 Å². The lowest BCUT2D eigenvalue weighted by Crippen LogP contribution is -2.37. The number of Topliss-reactive ketones (excluding diaryl/α,β-unsaturated/α-hetero) is 1. The van der Waals surface area contributed by atoms with Crippen molar-refractivity contribution in [2.75, 3.05) is 0 Å². The van der Waals surface area contributed by atoms with Gasteiger partial charge in [-0.25, -0.2) is 24.1 Å². The van der Waals surface area contributed by atoms with E-state index in [9.17, 15) is 14.4 Å². The zero-order chi connectivity index (χ0) is 25.5. The van der Waals surface area contributed by atoms with Crippen LogP contribution in [-0.2, 0) is 9.47 Å². The fourth-order valence-corrected chi connectivity index (χ4v) is 3.17. The number of carbonyl (C=O) groups is 3. The molecule has 0 radical (unpaired) electrons. The van der Waals surface area contributed by atoms with Gasteiger partial charge in [-0.2, -0.15) is 0 Å². The summed E-state index contributed by atoms with van der Waals surface area (Å²) in [6, 6.07) is -0.702. The maximum Gasteiger partial charge on any atom is 0.420 e. The third-order valence-corrected chi connectivity index (χ3v) is 4.43. The van der Waals surface area contributed by atoms with Gasteiger partial charge in [0.05, 0.1) is 12.2 Å². The Morgan fingerprint density at radius 2 is 1.82 bits per heavy atom. The summed E-state index contributed by atoms with van der Waals surface area (Å²) in [6.07, 6.45) is 7.53. The van der Waals surface area contributed by atoms with Crippen molar-refractivity contribution in [3.05, 3.63) is 47.1 Å². The van der Waals surface area contributed by atoms with Crippen LogP contribution >= 0.6 is 15.9 Å². The zero-order valence-electron chi connectivity index (χ0n) is 20.3. The summed E-state index contributed by atoms with van der Waals surface area (Å²) < 4.78 is 17.5. The number of ether oxygens (including phenoxy) is 2. The van der Waals surface area contributed by atoms with Gasteiger partial charge < -0.3 is 19.2 Å². The van der Waals surface area contributed by atoms with Gasteiger partial charge in [0.25, 0.3) is 5.89 Å². The smallest absolute Gasteiger partial charge is 0.420 e. The SMILES string of the molecule is CC(C)(C)OC(=O)NC(C/C=C/CCC(=O)c1ncco1)c1nc(Br)cn1C(=O)OC(C)(C)C. The average molecular weight is 539 g/mol. The number of amides is 1. The van der Waals surface area contributed by atoms with Crippen LogP contribution in [0.4, 0.5) is 9.59 Å². The first kappa shape index (κ1) is 27.3. The molecule has 2 heterocycles. The number of rotatable bonds is 8. The van der Waals surface area contributed by atoms with Gasteiger partial charge in [-0.05, 0) is 70.3 Å². The van der Waals surface area contributed by atoms with E-state index in [1.165, 1.54) is 23.2 Å². The Kier molecular flexibility index (Phi) is 9.20. The summed E-state index contributed by atoms with van der Waals surface area (Å²) in [5, 5.41) is 2.77. The van der Waals surface area contributed by atoms with Crippen molar-refractivity contribution in [2.45, 2.75) is 78.0 Å². The Bertz CT molecular complexity index is 1020. The summed E-state index contributed by atoms with van der Waals surface area (Å²) in [5.74, 6) is 0.136. The summed E-state index contributed by atoms with van der Waals surface area (Å²) in [7, 11) is 0. The number of oxazole rings is 1. The molecule has 0 spiro atoms. The van der Waals surface area contributed by atoms with E-state index in [0.717, 1.165) is 0 Å². The number of nitrogens with one attached hydrogen (secondary N) is 1. The molecule has 0 saturated carbocycles. The highest BCUT2D eigenvalue weighted by Crippen LogP contribution is 2.23. The van der Waals surface area contributed by atoms with Crippen LogP contribution in [0.15, 0.2) is 39.8 Å². The van der Waals surface area contributed by atoms with Crippen LogP contribution in [0.1, 0.15) is 83.4 Å². The minimum atomic E-state index is -0.714. The first-order chi connectivity index (χ1) is 15.7. The maximum atomic E-state index is 12.7. The average Bonchev–Trinajstić information content (AvgIpc) is 3.33. The summed E-state index contributed by atoms with van der Waals surface area (Å²) >= 11 is 3.29. The molecule has 0 aliphatic carbocycles. The molecule has 2 aromatic heterocycles. The minimum Gasteiger partial charge on any atom is -0.444 e. The molecule has 186 valence electrons. The first-order valence-corrected chi connectivity index (χ1v) is 11.6. The molecule has 34 heavy (non-hydrogen) atoms. The number of aromatic nitrogens is 3. The topological polar surface area (TPSA) is 126 Å². The predicted molar refractivity (Wildman–Crippen MR) is 127 cm³/mol. The molecule has 1 amide bonds. The maximum absolute atomic E-state index is 12.7. The molecule has 2 aromatic rings. The van der Waals surface area contributed by atoms with Gasteiger partial charge in [0, 0.05) is 12.6 Å². The van der Waals surface area contributed by atoms with Crippen LogP contribution in [0.3, 0.4) is 0 Å². The molecule has 0 aliphatic heterocycles. The van der Waals surface area contributed by atoms with Crippen LogP contribution in [0.25, 0.3) is 0 Å². The lowest BCUT2D eigenvalue weighted by molar-refractivity contribution is 0.0473. The highest BCUT2D eigenvalue weighted by Gasteiger charge is 2.27. The van der Waals surface area contributed by atoms with Gasteiger partial charge in [0.1, 0.15) is 27.9 Å². The third-order valence-electron chi connectivity index (χ3n) is 4.04. The monoisotopic (exact) mass is 538 g/mol. The van der Waals surface area contributed by atoms with Crippen LogP contribution in [0.5, 0.6) is 0 Å². The molecular formula is C23H31BrN4O6. The van der Waals surface area contributed by atoms with Crippen molar-refractivity contribution in [1.29, 1.82) is 0 Å². The Balaban J connectivity index is 2.17. The van der Waals surface area contributed by atoms with Crippen molar-refractivity contribution in [3.8, 4) is 0 Å². The lowest BCUT2D eigenvalue weighted by Gasteiger charge is -2.24. The van der Waals surface area contributed by atoms with Crippen molar-refractivity contribution < 1.29 is 28.3 Å². The quantitative estimate of drug-likeness (QED) is 0.340. The Morgan fingerprint density at radius 1 is 1.15 bits per heavy atom. The lowest BCUT2D eigenvalue weighted by atomic mass is 10.1. The molecule has 0 bridgehead atoms. The molecule has 0 aromatic carbocycles. The van der Waals surface area contributed by atoms with Gasteiger partial charge in [-0.15, -0.1) is 0 Å². The molecule has 10 nitrogen and oxygen atoms in total. The number of nitrogens with zero attached hydrogens (tertiary/aromatic N) is 3. The van der Waals surface area contributed by atoms with Crippen molar-refractivity contribution >= 4 is 33.9 Å². The van der Waals surface area contributed by atoms with Gasteiger partial charge in [0.2, 0.25) is 5.78 Å². The Labute approximate surface area is 207 Å². The number of ketones is 1. The second-order valence-electron chi connectivity index (χ2n) is 9.48. The number of halogens is 1. The molecule has 1 N–H and O–H groups in total. The molecule has 0 aliphatic rings. The van der Waals surface area contributed by atoms with Gasteiger partial charge >= 0.3 is 12.2 Å². The molecule has 0 fully saturated rings. The molecule has 0 saturated heterocycles. The number of alkyl carbamates (subject to hydrolysis) is 1. The fraction of sp³-hybridized carbons (Fsp3) is 0.522. The minimum absolute atomic E-state index is 0.0714.